The van der Waals surface area contributed by atoms with Gasteiger partial charge in [0, 0.05) is 23.7 Å². The minimum absolute atomic E-state index is 0.115. The highest BCUT2D eigenvalue weighted by molar-refractivity contribution is 6.34. The van der Waals surface area contributed by atoms with Crippen LogP contribution in [0.3, 0.4) is 0 Å². The molecule has 2 amide bonds. The number of hydrogen-bond donors (Lipinski definition) is 3. The molecule has 5 nitrogen and oxygen atoms in total. The zero-order chi connectivity index (χ0) is 18.5. The van der Waals surface area contributed by atoms with Gasteiger partial charge in [-0.25, -0.2) is 0 Å². The molecule has 0 aliphatic rings. The maximum absolute atomic E-state index is 12.6. The highest BCUT2D eigenvalue weighted by atomic mass is 35.5. The van der Waals surface area contributed by atoms with E-state index in [1.165, 1.54) is 0 Å². The molecule has 0 fully saturated rings. The Morgan fingerprint density at radius 1 is 1.25 bits per heavy atom. The van der Waals surface area contributed by atoms with Gasteiger partial charge in [-0.05, 0) is 37.5 Å². The molecule has 1 atom stereocenters. The average molecular weight is 354 g/mol. The van der Waals surface area contributed by atoms with Crippen molar-refractivity contribution in [1.29, 1.82) is 0 Å². The lowest BCUT2D eigenvalue weighted by molar-refractivity contribution is -0.118. The highest BCUT2D eigenvalue weighted by Gasteiger charge is 2.27. The third kappa shape index (κ3) is 5.80. The maximum atomic E-state index is 12.6. The maximum Gasteiger partial charge on any atom is 0.253 e. The number of benzene rings is 1. The predicted molar refractivity (Wildman–Crippen MR) is 99.3 cm³/mol. The molecule has 0 aromatic heterocycles. The van der Waals surface area contributed by atoms with Crippen molar-refractivity contribution in [2.75, 3.05) is 11.9 Å². The summed E-state index contributed by atoms with van der Waals surface area (Å²) >= 11 is 6.16. The molecule has 0 saturated carbocycles. The largest absolute Gasteiger partial charge is 0.346 e. The Morgan fingerprint density at radius 3 is 2.38 bits per heavy atom. The van der Waals surface area contributed by atoms with Gasteiger partial charge in [-0.3, -0.25) is 9.59 Å². The minimum atomic E-state index is -0.508. The number of amides is 2. The van der Waals surface area contributed by atoms with Crippen molar-refractivity contribution in [3.63, 3.8) is 0 Å². The van der Waals surface area contributed by atoms with Gasteiger partial charge >= 0.3 is 0 Å². The molecular formula is C18H28ClN3O2. The van der Waals surface area contributed by atoms with Crippen LogP contribution in [-0.2, 0) is 4.79 Å². The van der Waals surface area contributed by atoms with Crippen LogP contribution in [-0.4, -0.2) is 23.9 Å². The SMILES string of the molecule is CC(C)CC(C)(CN)NC(=O)c1cc(NC(=O)C(C)C)ccc1Cl. The van der Waals surface area contributed by atoms with Crippen LogP contribution in [0.15, 0.2) is 18.2 Å². The van der Waals surface area contributed by atoms with Crippen molar-refractivity contribution in [3.8, 4) is 0 Å². The van der Waals surface area contributed by atoms with Crippen LogP contribution >= 0.6 is 11.6 Å². The molecule has 1 aromatic carbocycles. The number of nitrogens with two attached hydrogens (primary N) is 1. The van der Waals surface area contributed by atoms with E-state index in [0.717, 1.165) is 6.42 Å². The van der Waals surface area contributed by atoms with Gasteiger partial charge in [0.05, 0.1) is 10.6 Å². The zero-order valence-corrected chi connectivity index (χ0v) is 15.8. The summed E-state index contributed by atoms with van der Waals surface area (Å²) in [6.45, 7) is 10.0. The number of halogens is 1. The van der Waals surface area contributed by atoms with Crippen molar-refractivity contribution in [3.05, 3.63) is 28.8 Å². The zero-order valence-electron chi connectivity index (χ0n) is 15.1. The van der Waals surface area contributed by atoms with Crippen molar-refractivity contribution in [1.82, 2.24) is 5.32 Å². The standard InChI is InChI=1S/C18H28ClN3O2/c1-11(2)9-18(5,10-20)22-17(24)14-8-13(6-7-15(14)19)21-16(23)12(3)4/h6-8,11-12H,9-10,20H2,1-5H3,(H,21,23)(H,22,24). The summed E-state index contributed by atoms with van der Waals surface area (Å²) in [5.74, 6) is -0.167. The fraction of sp³-hybridized carbons (Fsp3) is 0.556. The molecule has 0 aliphatic carbocycles. The topological polar surface area (TPSA) is 84.2 Å². The van der Waals surface area contributed by atoms with Crippen LogP contribution in [0.2, 0.25) is 5.02 Å². The van der Waals surface area contributed by atoms with Gasteiger partial charge in [0.25, 0.3) is 5.91 Å². The predicted octanol–water partition coefficient (Wildman–Crippen LogP) is 3.43. The molecule has 0 bridgehead atoms. The van der Waals surface area contributed by atoms with E-state index in [9.17, 15) is 9.59 Å². The lowest BCUT2D eigenvalue weighted by atomic mass is 9.90. The molecule has 0 saturated heterocycles. The molecule has 24 heavy (non-hydrogen) atoms. The summed E-state index contributed by atoms with van der Waals surface area (Å²) in [7, 11) is 0. The van der Waals surface area contributed by atoms with E-state index in [1.807, 2.05) is 6.92 Å². The summed E-state index contributed by atoms with van der Waals surface area (Å²) in [6.07, 6.45) is 0.761. The molecule has 1 unspecified atom stereocenters. The van der Waals surface area contributed by atoms with E-state index >= 15 is 0 Å². The van der Waals surface area contributed by atoms with Gasteiger partial charge in [0.15, 0.2) is 0 Å². The molecule has 134 valence electrons. The van der Waals surface area contributed by atoms with Crippen molar-refractivity contribution < 1.29 is 9.59 Å². The van der Waals surface area contributed by atoms with Crippen molar-refractivity contribution >= 4 is 29.1 Å². The van der Waals surface area contributed by atoms with Crippen LogP contribution in [0.25, 0.3) is 0 Å². The van der Waals surface area contributed by atoms with Crippen LogP contribution in [0.1, 0.15) is 51.4 Å². The first-order chi connectivity index (χ1) is 11.1. The second kappa shape index (κ2) is 8.49. The van der Waals surface area contributed by atoms with E-state index in [0.29, 0.717) is 28.7 Å². The van der Waals surface area contributed by atoms with Crippen molar-refractivity contribution in [2.45, 2.75) is 46.6 Å². The quantitative estimate of drug-likeness (QED) is 0.702. The minimum Gasteiger partial charge on any atom is -0.346 e. The van der Waals surface area contributed by atoms with Gasteiger partial charge in [-0.1, -0.05) is 39.3 Å². The van der Waals surface area contributed by atoms with Gasteiger partial charge < -0.3 is 16.4 Å². The smallest absolute Gasteiger partial charge is 0.253 e. The number of rotatable bonds is 7. The number of hydrogen-bond acceptors (Lipinski definition) is 3. The van der Waals surface area contributed by atoms with E-state index < -0.39 is 5.54 Å². The molecule has 0 heterocycles. The summed E-state index contributed by atoms with van der Waals surface area (Å²) in [5, 5.41) is 6.08. The average Bonchev–Trinajstić information content (AvgIpc) is 2.47. The third-order valence-electron chi connectivity index (χ3n) is 3.73. The molecule has 0 radical (unpaired) electrons. The van der Waals surface area contributed by atoms with Gasteiger partial charge in [-0.15, -0.1) is 0 Å². The molecule has 6 heteroatoms. The van der Waals surface area contributed by atoms with Gasteiger partial charge in [0.2, 0.25) is 5.91 Å². The van der Waals surface area contributed by atoms with Crippen LogP contribution in [0, 0.1) is 11.8 Å². The van der Waals surface area contributed by atoms with Crippen LogP contribution in [0.4, 0.5) is 5.69 Å². The van der Waals surface area contributed by atoms with E-state index in [4.69, 9.17) is 17.3 Å². The Morgan fingerprint density at radius 2 is 1.88 bits per heavy atom. The van der Waals surface area contributed by atoms with Crippen LogP contribution in [0.5, 0.6) is 0 Å². The Labute approximate surface area is 149 Å². The van der Waals surface area contributed by atoms with Crippen LogP contribution < -0.4 is 16.4 Å². The number of carbonyl (C=O) groups excluding carboxylic acids is 2. The first-order valence-corrected chi connectivity index (χ1v) is 8.58. The third-order valence-corrected chi connectivity index (χ3v) is 4.06. The molecule has 1 rings (SSSR count). The van der Waals surface area contributed by atoms with E-state index in [-0.39, 0.29) is 17.7 Å². The van der Waals surface area contributed by atoms with Gasteiger partial charge in [-0.2, -0.15) is 0 Å². The van der Waals surface area contributed by atoms with E-state index in [2.05, 4.69) is 24.5 Å². The monoisotopic (exact) mass is 353 g/mol. The highest BCUT2D eigenvalue weighted by Crippen LogP contribution is 2.23. The molecule has 4 N–H and O–H groups in total. The lowest BCUT2D eigenvalue weighted by Crippen LogP contribution is -2.52. The first-order valence-electron chi connectivity index (χ1n) is 8.21. The number of anilines is 1. The molecule has 0 spiro atoms. The summed E-state index contributed by atoms with van der Waals surface area (Å²) in [4.78, 5) is 24.4. The fourth-order valence-electron chi connectivity index (χ4n) is 2.49. The second-order valence-electron chi connectivity index (χ2n) is 7.16. The fourth-order valence-corrected chi connectivity index (χ4v) is 2.69. The second-order valence-corrected chi connectivity index (χ2v) is 7.56. The Hall–Kier alpha value is -1.59. The summed E-state index contributed by atoms with van der Waals surface area (Å²) in [5.41, 5.74) is 6.20. The normalized spacial score (nSPS) is 13.7. The summed E-state index contributed by atoms with van der Waals surface area (Å²) < 4.78 is 0. The lowest BCUT2D eigenvalue weighted by Gasteiger charge is -2.31. The molecule has 0 aliphatic heterocycles. The molecule has 1 aromatic rings. The summed E-state index contributed by atoms with van der Waals surface area (Å²) in [6, 6.07) is 4.87. The first kappa shape index (κ1) is 20.5. The Balaban J connectivity index is 2.99. The van der Waals surface area contributed by atoms with Gasteiger partial charge in [0.1, 0.15) is 0 Å². The molecular weight excluding hydrogens is 326 g/mol. The number of carbonyl (C=O) groups is 2. The Kier molecular flexibility index (Phi) is 7.24. The Bertz CT molecular complexity index is 602. The number of nitrogens with one attached hydrogen (secondary N) is 2. The van der Waals surface area contributed by atoms with E-state index in [1.54, 1.807) is 32.0 Å². The van der Waals surface area contributed by atoms with Crippen molar-refractivity contribution in [2.24, 2.45) is 17.6 Å².